The molecule has 2 aromatic rings. The molecule has 13 nitrogen and oxygen atoms in total. The second-order valence-corrected chi connectivity index (χ2v) is 8.17. The Morgan fingerprint density at radius 3 is 2.54 bits per heavy atom. The molecule has 0 bridgehead atoms. The number of carboxylic acid groups (broad SMARTS) is 1. The number of ether oxygens (including phenoxy) is 4. The molecule has 39 heavy (non-hydrogen) atoms. The summed E-state index contributed by atoms with van der Waals surface area (Å²) in [7, 11) is 1.26. The molecular weight excluding hydrogens is 512 g/mol. The number of nitrogens with zero attached hydrogens (tertiary/aromatic N) is 1. The Hall–Kier alpha value is -4.78. The zero-order valence-corrected chi connectivity index (χ0v) is 21.6. The maximum atomic E-state index is 12.4. The molecular formula is C26H30N4O9. The van der Waals surface area contributed by atoms with Gasteiger partial charge in [-0.1, -0.05) is 6.07 Å². The number of aliphatic hydroxyl groups excluding tert-OH is 1. The number of hydrogen-bond acceptors (Lipinski definition) is 10. The van der Waals surface area contributed by atoms with Crippen molar-refractivity contribution in [2.24, 2.45) is 5.10 Å². The van der Waals surface area contributed by atoms with Crippen LogP contribution in [0.25, 0.3) is 0 Å². The maximum absolute atomic E-state index is 12.4. The minimum absolute atomic E-state index is 0.171. The highest BCUT2D eigenvalue weighted by molar-refractivity contribution is 5.95. The number of amides is 2. The Balaban J connectivity index is 1.63. The standard InChI is InChI=1S/C26H30N4O9/c1-4-37-20-11-17(24-23(25(34)36-3)15(2)28-26(35)29-24)7-10-19(20)39-13-21(31)30-27-12-16-5-8-18(9-6-16)38-14-22(32)33/h5-12,21,24,30-31H,4,13-14H2,1-3H3,(H,32,33)(H2,28,29,35)/b27-12-/t21-,24+/m0/s1. The molecule has 2 aromatic carbocycles. The molecule has 1 aliphatic rings. The van der Waals surface area contributed by atoms with Crippen LogP contribution in [0.5, 0.6) is 17.2 Å². The monoisotopic (exact) mass is 542 g/mol. The second-order valence-electron chi connectivity index (χ2n) is 8.17. The Morgan fingerprint density at radius 2 is 1.87 bits per heavy atom. The number of aliphatic carboxylic acids is 1. The molecule has 0 fully saturated rings. The first-order valence-corrected chi connectivity index (χ1v) is 11.9. The number of carbonyl (C=O) groups excluding carboxylic acids is 2. The highest BCUT2D eigenvalue weighted by Gasteiger charge is 2.32. The van der Waals surface area contributed by atoms with E-state index in [1.54, 1.807) is 56.3 Å². The van der Waals surface area contributed by atoms with Crippen molar-refractivity contribution in [3.63, 3.8) is 0 Å². The summed E-state index contributed by atoms with van der Waals surface area (Å²) in [6, 6.07) is 10.3. The van der Waals surface area contributed by atoms with Crippen LogP contribution < -0.4 is 30.3 Å². The number of methoxy groups -OCH3 is 1. The van der Waals surface area contributed by atoms with Gasteiger partial charge < -0.3 is 39.8 Å². The maximum Gasteiger partial charge on any atom is 0.341 e. The number of carbonyl (C=O) groups is 3. The second kappa shape index (κ2) is 13.7. The fourth-order valence-electron chi connectivity index (χ4n) is 3.62. The van der Waals surface area contributed by atoms with E-state index >= 15 is 0 Å². The van der Waals surface area contributed by atoms with Gasteiger partial charge in [-0.15, -0.1) is 0 Å². The van der Waals surface area contributed by atoms with E-state index in [9.17, 15) is 19.5 Å². The molecule has 0 aromatic heterocycles. The molecule has 0 radical (unpaired) electrons. The predicted molar refractivity (Wildman–Crippen MR) is 139 cm³/mol. The van der Waals surface area contributed by atoms with Gasteiger partial charge in [-0.2, -0.15) is 5.10 Å². The van der Waals surface area contributed by atoms with Gasteiger partial charge in [-0.05, 0) is 61.4 Å². The van der Waals surface area contributed by atoms with Crippen molar-refractivity contribution < 1.29 is 43.5 Å². The Morgan fingerprint density at radius 1 is 1.13 bits per heavy atom. The molecule has 0 aliphatic carbocycles. The number of allylic oxidation sites excluding steroid dienone is 1. The lowest BCUT2D eigenvalue weighted by Gasteiger charge is -2.28. The first-order chi connectivity index (χ1) is 18.7. The summed E-state index contributed by atoms with van der Waals surface area (Å²) < 4.78 is 21.4. The first-order valence-electron chi connectivity index (χ1n) is 11.9. The van der Waals surface area contributed by atoms with Crippen LogP contribution >= 0.6 is 0 Å². The quantitative estimate of drug-likeness (QED) is 0.108. The van der Waals surface area contributed by atoms with Crippen LogP contribution in [0.1, 0.15) is 31.0 Å². The summed E-state index contributed by atoms with van der Waals surface area (Å²) in [5.74, 6) is -0.558. The van der Waals surface area contributed by atoms with Crippen LogP contribution in [0, 0.1) is 0 Å². The Bertz CT molecular complexity index is 1240. The number of carboxylic acids is 1. The summed E-state index contributed by atoms with van der Waals surface area (Å²) in [6.45, 7) is 3.12. The summed E-state index contributed by atoms with van der Waals surface area (Å²) in [5, 5.41) is 28.1. The predicted octanol–water partition coefficient (Wildman–Crippen LogP) is 1.67. The van der Waals surface area contributed by atoms with Crippen molar-refractivity contribution in [1.29, 1.82) is 0 Å². The molecule has 1 heterocycles. The van der Waals surface area contributed by atoms with E-state index < -0.39 is 36.8 Å². The van der Waals surface area contributed by atoms with Crippen molar-refractivity contribution in [2.75, 3.05) is 26.9 Å². The first kappa shape index (κ1) is 28.8. The SMILES string of the molecule is CCOc1cc([C@H]2NC(=O)NC(C)=C2C(=O)OC)ccc1OC[C@H](O)N/N=C\c1ccc(OCC(=O)O)cc1. The van der Waals surface area contributed by atoms with Crippen molar-refractivity contribution in [3.05, 3.63) is 64.9 Å². The number of rotatable bonds is 13. The van der Waals surface area contributed by atoms with Crippen molar-refractivity contribution >= 4 is 24.2 Å². The van der Waals surface area contributed by atoms with Gasteiger partial charge in [0.05, 0.1) is 31.5 Å². The molecule has 0 spiro atoms. The van der Waals surface area contributed by atoms with Gasteiger partial charge in [0.15, 0.2) is 24.3 Å². The van der Waals surface area contributed by atoms with Gasteiger partial charge in [0.25, 0.3) is 0 Å². The van der Waals surface area contributed by atoms with E-state index in [-0.39, 0.29) is 12.2 Å². The zero-order chi connectivity index (χ0) is 28.4. The van der Waals surface area contributed by atoms with Crippen molar-refractivity contribution in [2.45, 2.75) is 26.1 Å². The number of hydrazone groups is 1. The van der Waals surface area contributed by atoms with E-state index in [2.05, 4.69) is 21.2 Å². The van der Waals surface area contributed by atoms with Crippen LogP contribution in [0.2, 0.25) is 0 Å². The van der Waals surface area contributed by atoms with E-state index in [0.29, 0.717) is 40.7 Å². The molecule has 2 amide bonds. The van der Waals surface area contributed by atoms with Crippen LogP contribution in [0.4, 0.5) is 4.79 Å². The largest absolute Gasteiger partial charge is 0.490 e. The molecule has 2 atom stereocenters. The molecule has 0 saturated carbocycles. The molecule has 208 valence electrons. The van der Waals surface area contributed by atoms with E-state index in [0.717, 1.165) is 0 Å². The van der Waals surface area contributed by atoms with Crippen molar-refractivity contribution in [1.82, 2.24) is 16.1 Å². The summed E-state index contributed by atoms with van der Waals surface area (Å²) in [4.78, 5) is 35.0. The third kappa shape index (κ3) is 8.10. The molecule has 1 aliphatic heterocycles. The normalized spacial score (nSPS) is 15.7. The molecule has 0 saturated heterocycles. The topological polar surface area (TPSA) is 177 Å². The van der Waals surface area contributed by atoms with Crippen molar-refractivity contribution in [3.8, 4) is 17.2 Å². The number of benzene rings is 2. The Kier molecular flexibility index (Phi) is 10.1. The molecule has 3 rings (SSSR count). The van der Waals surface area contributed by atoms with Gasteiger partial charge in [0.2, 0.25) is 0 Å². The summed E-state index contributed by atoms with van der Waals surface area (Å²) in [6.07, 6.45) is 0.306. The Labute approximate surface area is 224 Å². The number of urea groups is 1. The lowest BCUT2D eigenvalue weighted by Crippen LogP contribution is -2.45. The van der Waals surface area contributed by atoms with Gasteiger partial charge in [0, 0.05) is 5.70 Å². The number of esters is 1. The van der Waals surface area contributed by atoms with Crippen LogP contribution in [-0.2, 0) is 14.3 Å². The number of nitrogens with one attached hydrogen (secondary N) is 3. The summed E-state index contributed by atoms with van der Waals surface area (Å²) in [5.41, 5.74) is 4.44. The number of aliphatic hydroxyl groups is 1. The minimum Gasteiger partial charge on any atom is -0.490 e. The van der Waals surface area contributed by atoms with Gasteiger partial charge in [-0.3, -0.25) is 5.43 Å². The average molecular weight is 543 g/mol. The number of hydrogen-bond donors (Lipinski definition) is 5. The summed E-state index contributed by atoms with van der Waals surface area (Å²) >= 11 is 0. The van der Waals surface area contributed by atoms with Crippen LogP contribution in [-0.4, -0.2) is 67.6 Å². The van der Waals surface area contributed by atoms with E-state index in [1.807, 2.05) is 0 Å². The lowest BCUT2D eigenvalue weighted by molar-refractivity contribution is -0.139. The lowest BCUT2D eigenvalue weighted by atomic mass is 9.95. The third-order valence-corrected chi connectivity index (χ3v) is 5.35. The fourth-order valence-corrected chi connectivity index (χ4v) is 3.62. The average Bonchev–Trinajstić information content (AvgIpc) is 2.91. The minimum atomic E-state index is -1.16. The third-order valence-electron chi connectivity index (χ3n) is 5.35. The van der Waals surface area contributed by atoms with Gasteiger partial charge >= 0.3 is 18.0 Å². The molecule has 5 N–H and O–H groups in total. The van der Waals surface area contributed by atoms with E-state index in [4.69, 9.17) is 24.1 Å². The highest BCUT2D eigenvalue weighted by atomic mass is 16.5. The van der Waals surface area contributed by atoms with Crippen LogP contribution in [0.15, 0.2) is 58.8 Å². The fraction of sp³-hybridized carbons (Fsp3) is 0.308. The van der Waals surface area contributed by atoms with Gasteiger partial charge in [-0.25, -0.2) is 14.4 Å². The highest BCUT2D eigenvalue weighted by Crippen LogP contribution is 2.34. The van der Waals surface area contributed by atoms with Crippen LogP contribution in [0.3, 0.4) is 0 Å². The smallest absolute Gasteiger partial charge is 0.341 e. The van der Waals surface area contributed by atoms with Gasteiger partial charge in [0.1, 0.15) is 12.4 Å². The molecule has 13 heteroatoms. The zero-order valence-electron chi connectivity index (χ0n) is 21.6. The molecule has 0 unspecified atom stereocenters. The van der Waals surface area contributed by atoms with E-state index in [1.165, 1.54) is 13.3 Å².